The molecule has 1 aliphatic rings. The van der Waals surface area contributed by atoms with Crippen molar-refractivity contribution < 1.29 is 19.4 Å². The molecule has 1 heterocycles. The van der Waals surface area contributed by atoms with E-state index < -0.39 is 0 Å². The Bertz CT molecular complexity index is 897. The minimum atomic E-state index is -0.122. The number of para-hydroxylation sites is 1. The first-order chi connectivity index (χ1) is 13.6. The number of carbonyl (C=O) groups excluding carboxylic acids is 1. The number of aromatic hydroxyl groups is 1. The Labute approximate surface area is 168 Å². The molecular formula is C21H22N2O4S. The van der Waals surface area contributed by atoms with E-state index in [4.69, 9.17) is 9.47 Å². The minimum Gasteiger partial charge on any atom is -0.504 e. The van der Waals surface area contributed by atoms with Gasteiger partial charge in [-0.15, -0.1) is 0 Å². The van der Waals surface area contributed by atoms with Crippen molar-refractivity contribution in [2.45, 2.75) is 6.92 Å². The SMILES string of the molecule is CCOc1cc(/C=C2/SC(=Nc3ccccc3)N(CCOC)C2=O)ccc1O. The van der Waals surface area contributed by atoms with Crippen LogP contribution in [0.2, 0.25) is 0 Å². The molecule has 0 radical (unpaired) electrons. The van der Waals surface area contributed by atoms with Crippen LogP contribution in [0.15, 0.2) is 58.4 Å². The zero-order valence-electron chi connectivity index (χ0n) is 15.8. The first-order valence-electron chi connectivity index (χ1n) is 8.92. The first-order valence-corrected chi connectivity index (χ1v) is 9.74. The Morgan fingerprint density at radius 3 is 2.71 bits per heavy atom. The molecule has 3 rings (SSSR count). The van der Waals surface area contributed by atoms with Crippen LogP contribution in [0.25, 0.3) is 6.08 Å². The van der Waals surface area contributed by atoms with Crippen LogP contribution in [-0.2, 0) is 9.53 Å². The van der Waals surface area contributed by atoms with Crippen LogP contribution in [0.1, 0.15) is 12.5 Å². The summed E-state index contributed by atoms with van der Waals surface area (Å²) in [5.41, 5.74) is 1.55. The topological polar surface area (TPSA) is 71.4 Å². The molecule has 0 saturated carbocycles. The van der Waals surface area contributed by atoms with Gasteiger partial charge in [0.2, 0.25) is 0 Å². The van der Waals surface area contributed by atoms with E-state index >= 15 is 0 Å². The summed E-state index contributed by atoms with van der Waals surface area (Å²) in [4.78, 5) is 19.7. The first kappa shape index (κ1) is 20.0. The zero-order chi connectivity index (χ0) is 19.9. The molecule has 146 valence electrons. The number of thioether (sulfide) groups is 1. The number of rotatable bonds is 7. The van der Waals surface area contributed by atoms with Crippen molar-refractivity contribution >= 4 is 34.6 Å². The van der Waals surface area contributed by atoms with Gasteiger partial charge in [-0.25, -0.2) is 4.99 Å². The quantitative estimate of drug-likeness (QED) is 0.713. The molecule has 7 heteroatoms. The molecule has 0 atom stereocenters. The van der Waals surface area contributed by atoms with E-state index in [1.807, 2.05) is 37.3 Å². The number of aliphatic imine (C=N–C) groups is 1. The van der Waals surface area contributed by atoms with Crippen molar-refractivity contribution in [1.82, 2.24) is 4.90 Å². The highest BCUT2D eigenvalue weighted by Crippen LogP contribution is 2.35. The third kappa shape index (κ3) is 4.74. The van der Waals surface area contributed by atoms with E-state index in [2.05, 4.69) is 4.99 Å². The van der Waals surface area contributed by atoms with E-state index in [-0.39, 0.29) is 11.7 Å². The third-order valence-corrected chi connectivity index (χ3v) is 4.98. The fourth-order valence-electron chi connectivity index (χ4n) is 2.63. The van der Waals surface area contributed by atoms with Crippen LogP contribution in [0.3, 0.4) is 0 Å². The van der Waals surface area contributed by atoms with Crippen LogP contribution in [0.4, 0.5) is 5.69 Å². The van der Waals surface area contributed by atoms with Gasteiger partial charge in [-0.2, -0.15) is 0 Å². The molecule has 1 aliphatic heterocycles. The molecule has 1 saturated heterocycles. The van der Waals surface area contributed by atoms with Gasteiger partial charge in [0.25, 0.3) is 5.91 Å². The number of benzene rings is 2. The number of amidine groups is 1. The summed E-state index contributed by atoms with van der Waals surface area (Å²) in [7, 11) is 1.60. The second kappa shape index (κ2) is 9.43. The maximum atomic E-state index is 12.9. The van der Waals surface area contributed by atoms with Crippen LogP contribution >= 0.6 is 11.8 Å². The molecule has 0 aliphatic carbocycles. The summed E-state index contributed by atoms with van der Waals surface area (Å²) in [6.45, 7) is 3.13. The molecule has 0 unspecified atom stereocenters. The van der Waals surface area contributed by atoms with Crippen molar-refractivity contribution in [3.05, 3.63) is 59.0 Å². The van der Waals surface area contributed by atoms with Gasteiger partial charge in [0, 0.05) is 7.11 Å². The van der Waals surface area contributed by atoms with Gasteiger partial charge in [-0.3, -0.25) is 9.69 Å². The summed E-state index contributed by atoms with van der Waals surface area (Å²) in [6, 6.07) is 14.5. The molecule has 1 amide bonds. The van der Waals surface area contributed by atoms with Crippen LogP contribution in [0.5, 0.6) is 11.5 Å². The van der Waals surface area contributed by atoms with Gasteiger partial charge in [0.15, 0.2) is 16.7 Å². The fraction of sp³-hybridized carbons (Fsp3) is 0.238. The highest BCUT2D eigenvalue weighted by molar-refractivity contribution is 8.18. The second-order valence-corrected chi connectivity index (χ2v) is 6.96. The maximum absolute atomic E-state index is 12.9. The summed E-state index contributed by atoms with van der Waals surface area (Å²) in [5.74, 6) is 0.340. The molecule has 1 N–H and O–H groups in total. The van der Waals surface area contributed by atoms with Gasteiger partial charge in [0.1, 0.15) is 0 Å². The fourth-order valence-corrected chi connectivity index (χ4v) is 3.65. The molecular weight excluding hydrogens is 376 g/mol. The number of phenols is 1. The van der Waals surface area contributed by atoms with Crippen molar-refractivity contribution in [1.29, 1.82) is 0 Å². The van der Waals surface area contributed by atoms with Gasteiger partial charge < -0.3 is 14.6 Å². The normalized spacial score (nSPS) is 16.9. The smallest absolute Gasteiger partial charge is 0.266 e. The Morgan fingerprint density at radius 1 is 1.21 bits per heavy atom. The molecule has 2 aromatic rings. The highest BCUT2D eigenvalue weighted by atomic mass is 32.2. The number of hydrogen-bond acceptors (Lipinski definition) is 6. The number of amides is 1. The van der Waals surface area contributed by atoms with Crippen molar-refractivity contribution in [2.24, 2.45) is 4.99 Å². The Hall–Kier alpha value is -2.77. The molecule has 0 bridgehead atoms. The molecule has 0 aromatic heterocycles. The Morgan fingerprint density at radius 2 is 2.00 bits per heavy atom. The summed E-state index contributed by atoms with van der Waals surface area (Å²) >= 11 is 1.32. The lowest BCUT2D eigenvalue weighted by Crippen LogP contribution is -2.32. The summed E-state index contributed by atoms with van der Waals surface area (Å²) in [6.07, 6.45) is 1.78. The monoisotopic (exact) mass is 398 g/mol. The lowest BCUT2D eigenvalue weighted by Gasteiger charge is -2.14. The molecule has 2 aromatic carbocycles. The van der Waals surface area contributed by atoms with Crippen LogP contribution in [-0.4, -0.2) is 47.9 Å². The van der Waals surface area contributed by atoms with Crippen molar-refractivity contribution in [3.8, 4) is 11.5 Å². The van der Waals surface area contributed by atoms with Gasteiger partial charge in [-0.05, 0) is 54.6 Å². The lowest BCUT2D eigenvalue weighted by molar-refractivity contribution is -0.122. The molecule has 28 heavy (non-hydrogen) atoms. The van der Waals surface area contributed by atoms with E-state index in [0.717, 1.165) is 11.3 Å². The predicted molar refractivity (Wildman–Crippen MR) is 112 cm³/mol. The Balaban J connectivity index is 1.92. The van der Waals surface area contributed by atoms with E-state index in [1.165, 1.54) is 11.8 Å². The molecule has 0 spiro atoms. The zero-order valence-corrected chi connectivity index (χ0v) is 16.6. The molecule has 6 nitrogen and oxygen atoms in total. The largest absolute Gasteiger partial charge is 0.504 e. The van der Waals surface area contributed by atoms with E-state index in [1.54, 1.807) is 36.3 Å². The number of nitrogens with zero attached hydrogens (tertiary/aromatic N) is 2. The van der Waals surface area contributed by atoms with Gasteiger partial charge in [0.05, 0.1) is 30.4 Å². The summed E-state index contributed by atoms with van der Waals surface area (Å²) in [5, 5.41) is 10.5. The number of hydrogen-bond donors (Lipinski definition) is 1. The van der Waals surface area contributed by atoms with Gasteiger partial charge >= 0.3 is 0 Å². The van der Waals surface area contributed by atoms with Crippen molar-refractivity contribution in [3.63, 3.8) is 0 Å². The number of methoxy groups -OCH3 is 1. The van der Waals surface area contributed by atoms with Crippen LogP contribution in [0, 0.1) is 0 Å². The number of carbonyl (C=O) groups is 1. The third-order valence-electron chi connectivity index (χ3n) is 3.97. The average Bonchev–Trinajstić information content (AvgIpc) is 2.98. The van der Waals surface area contributed by atoms with Crippen LogP contribution < -0.4 is 4.74 Å². The Kier molecular flexibility index (Phi) is 6.73. The highest BCUT2D eigenvalue weighted by Gasteiger charge is 2.33. The van der Waals surface area contributed by atoms with Gasteiger partial charge in [-0.1, -0.05) is 24.3 Å². The average molecular weight is 398 g/mol. The minimum absolute atomic E-state index is 0.0717. The van der Waals surface area contributed by atoms with E-state index in [9.17, 15) is 9.90 Å². The maximum Gasteiger partial charge on any atom is 0.266 e. The second-order valence-electron chi connectivity index (χ2n) is 5.95. The molecule has 1 fully saturated rings. The lowest BCUT2D eigenvalue weighted by atomic mass is 10.2. The van der Waals surface area contributed by atoms with Crippen molar-refractivity contribution in [2.75, 3.05) is 26.9 Å². The number of phenolic OH excluding ortho intramolecular Hbond substituents is 1. The summed E-state index contributed by atoms with van der Waals surface area (Å²) < 4.78 is 10.6. The number of ether oxygens (including phenoxy) is 2. The predicted octanol–water partition coefficient (Wildman–Crippen LogP) is 4.04. The standard InChI is InChI=1S/C21H22N2O4S/c1-3-27-18-13-15(9-10-17(18)24)14-19-20(25)23(11-12-26-2)21(28-19)22-16-7-5-4-6-8-16/h4-10,13-14,24H,3,11-12H2,1-2H3/b19-14+,22-21?. The van der Waals surface area contributed by atoms with E-state index in [0.29, 0.717) is 35.6 Å².